The van der Waals surface area contributed by atoms with Crippen molar-refractivity contribution in [1.29, 1.82) is 0 Å². The van der Waals surface area contributed by atoms with Gasteiger partial charge in [0.1, 0.15) is 5.82 Å². The van der Waals surface area contributed by atoms with Crippen LogP contribution in [0.4, 0.5) is 5.82 Å². The molecule has 0 unspecified atom stereocenters. The third-order valence-corrected chi connectivity index (χ3v) is 3.29. The summed E-state index contributed by atoms with van der Waals surface area (Å²) < 4.78 is 0. The molecule has 2 N–H and O–H groups in total. The molecule has 0 aromatic carbocycles. The normalized spacial score (nSPS) is 17.5. The third-order valence-electron chi connectivity index (χ3n) is 3.29. The molecule has 2 nitrogen and oxygen atoms in total. The van der Waals surface area contributed by atoms with E-state index in [-0.39, 0.29) is 0 Å². The molecular formula is C12H18N2. The van der Waals surface area contributed by atoms with Crippen LogP contribution in [-0.2, 0) is 6.42 Å². The minimum atomic E-state index is 0.733. The first-order valence-corrected chi connectivity index (χ1v) is 5.47. The number of hydrogen-bond donors (Lipinski definition) is 1. The van der Waals surface area contributed by atoms with Crippen molar-refractivity contribution in [3.63, 3.8) is 0 Å². The van der Waals surface area contributed by atoms with Gasteiger partial charge in [-0.15, -0.1) is 0 Å². The van der Waals surface area contributed by atoms with Crippen LogP contribution < -0.4 is 5.73 Å². The van der Waals surface area contributed by atoms with E-state index >= 15 is 0 Å². The molecular weight excluding hydrogens is 172 g/mol. The van der Waals surface area contributed by atoms with Gasteiger partial charge in [-0.1, -0.05) is 25.7 Å². The highest BCUT2D eigenvalue weighted by Gasteiger charge is 2.17. The predicted octanol–water partition coefficient (Wildman–Crippen LogP) is 2.70. The number of nitrogen functional groups attached to an aromatic ring is 1. The van der Waals surface area contributed by atoms with Crippen LogP contribution in [0.25, 0.3) is 0 Å². The molecule has 0 aliphatic heterocycles. The van der Waals surface area contributed by atoms with E-state index < -0.39 is 0 Å². The van der Waals surface area contributed by atoms with E-state index in [0.717, 1.165) is 18.2 Å². The van der Waals surface area contributed by atoms with Crippen molar-refractivity contribution in [2.75, 3.05) is 5.73 Å². The summed E-state index contributed by atoms with van der Waals surface area (Å²) in [4.78, 5) is 4.16. The summed E-state index contributed by atoms with van der Waals surface area (Å²) in [7, 11) is 0. The summed E-state index contributed by atoms with van der Waals surface area (Å²) in [6, 6.07) is 2.06. The highest BCUT2D eigenvalue weighted by atomic mass is 14.8. The molecule has 1 saturated carbocycles. The molecule has 1 fully saturated rings. The SMILES string of the molecule is Cc1ccnc(N)c1CC1CCCC1. The molecule has 76 valence electrons. The fraction of sp³-hybridized carbons (Fsp3) is 0.583. The maximum absolute atomic E-state index is 5.89. The van der Waals surface area contributed by atoms with E-state index in [4.69, 9.17) is 5.73 Å². The molecule has 0 spiro atoms. The molecule has 1 aliphatic carbocycles. The second kappa shape index (κ2) is 3.99. The van der Waals surface area contributed by atoms with Crippen LogP contribution in [0, 0.1) is 12.8 Å². The number of nitrogens with two attached hydrogens (primary N) is 1. The topological polar surface area (TPSA) is 38.9 Å². The molecule has 0 atom stereocenters. The van der Waals surface area contributed by atoms with Gasteiger partial charge in [-0.25, -0.2) is 4.98 Å². The lowest BCUT2D eigenvalue weighted by atomic mass is 9.96. The molecule has 14 heavy (non-hydrogen) atoms. The Morgan fingerprint density at radius 2 is 2.14 bits per heavy atom. The highest BCUT2D eigenvalue weighted by Crippen LogP contribution is 2.30. The summed E-state index contributed by atoms with van der Waals surface area (Å²) in [5.74, 6) is 1.58. The van der Waals surface area contributed by atoms with Crippen molar-refractivity contribution < 1.29 is 0 Å². The van der Waals surface area contributed by atoms with Crippen LogP contribution in [-0.4, -0.2) is 4.98 Å². The lowest BCUT2D eigenvalue weighted by Crippen LogP contribution is -2.05. The van der Waals surface area contributed by atoms with Gasteiger partial charge in [0.25, 0.3) is 0 Å². The Balaban J connectivity index is 2.14. The van der Waals surface area contributed by atoms with Crippen molar-refractivity contribution in [2.24, 2.45) is 5.92 Å². The summed E-state index contributed by atoms with van der Waals surface area (Å²) in [6.45, 7) is 2.13. The quantitative estimate of drug-likeness (QED) is 0.778. The average molecular weight is 190 g/mol. The minimum Gasteiger partial charge on any atom is -0.383 e. The van der Waals surface area contributed by atoms with Crippen molar-refractivity contribution in [2.45, 2.75) is 39.0 Å². The Bertz CT molecular complexity index is 294. The van der Waals surface area contributed by atoms with Crippen LogP contribution in [0.2, 0.25) is 0 Å². The lowest BCUT2D eigenvalue weighted by molar-refractivity contribution is 0.545. The largest absolute Gasteiger partial charge is 0.383 e. The Labute approximate surface area is 85.5 Å². The fourth-order valence-corrected chi connectivity index (χ4v) is 2.38. The van der Waals surface area contributed by atoms with E-state index in [1.165, 1.54) is 36.8 Å². The number of anilines is 1. The standard InChI is InChI=1S/C12H18N2/c1-9-6-7-14-12(13)11(9)8-10-4-2-3-5-10/h6-7,10H,2-5,8H2,1H3,(H2,13,14). The van der Waals surface area contributed by atoms with Gasteiger partial charge in [0, 0.05) is 6.20 Å². The second-order valence-corrected chi connectivity index (χ2v) is 4.35. The Kier molecular flexibility index (Phi) is 2.71. The van der Waals surface area contributed by atoms with Crippen molar-refractivity contribution in [3.05, 3.63) is 23.4 Å². The number of pyridine rings is 1. The minimum absolute atomic E-state index is 0.733. The average Bonchev–Trinajstić information content (AvgIpc) is 2.64. The van der Waals surface area contributed by atoms with Crippen LogP contribution in [0.3, 0.4) is 0 Å². The van der Waals surface area contributed by atoms with Gasteiger partial charge >= 0.3 is 0 Å². The van der Waals surface area contributed by atoms with Crippen molar-refractivity contribution >= 4 is 5.82 Å². The summed E-state index contributed by atoms with van der Waals surface area (Å²) in [5.41, 5.74) is 8.46. The number of aryl methyl sites for hydroxylation is 1. The zero-order valence-electron chi connectivity index (χ0n) is 8.79. The summed E-state index contributed by atoms with van der Waals surface area (Å²) in [5, 5.41) is 0. The summed E-state index contributed by atoms with van der Waals surface area (Å²) >= 11 is 0. The van der Waals surface area contributed by atoms with Gasteiger partial charge in [0.2, 0.25) is 0 Å². The monoisotopic (exact) mass is 190 g/mol. The van der Waals surface area contributed by atoms with Gasteiger partial charge in [-0.05, 0) is 36.5 Å². The molecule has 0 radical (unpaired) electrons. The first-order chi connectivity index (χ1) is 6.77. The molecule has 1 aromatic heterocycles. The van der Waals surface area contributed by atoms with Crippen LogP contribution in [0.5, 0.6) is 0 Å². The maximum Gasteiger partial charge on any atom is 0.126 e. The molecule has 1 heterocycles. The number of aromatic nitrogens is 1. The van der Waals surface area contributed by atoms with E-state index in [1.54, 1.807) is 6.20 Å². The molecule has 1 aromatic rings. The Morgan fingerprint density at radius 3 is 2.79 bits per heavy atom. The molecule has 2 rings (SSSR count). The van der Waals surface area contributed by atoms with Gasteiger partial charge in [0.15, 0.2) is 0 Å². The number of rotatable bonds is 2. The fourth-order valence-electron chi connectivity index (χ4n) is 2.38. The van der Waals surface area contributed by atoms with Gasteiger partial charge < -0.3 is 5.73 Å². The smallest absolute Gasteiger partial charge is 0.126 e. The van der Waals surface area contributed by atoms with Crippen LogP contribution in [0.1, 0.15) is 36.8 Å². The summed E-state index contributed by atoms with van der Waals surface area (Å²) in [6.07, 6.45) is 8.45. The van der Waals surface area contributed by atoms with E-state index in [0.29, 0.717) is 0 Å². The van der Waals surface area contributed by atoms with Crippen molar-refractivity contribution in [3.8, 4) is 0 Å². The van der Waals surface area contributed by atoms with Gasteiger partial charge in [-0.2, -0.15) is 0 Å². The predicted molar refractivity (Wildman–Crippen MR) is 59.0 cm³/mol. The first-order valence-electron chi connectivity index (χ1n) is 5.47. The lowest BCUT2D eigenvalue weighted by Gasteiger charge is -2.12. The third kappa shape index (κ3) is 1.89. The number of hydrogen-bond acceptors (Lipinski definition) is 2. The van der Waals surface area contributed by atoms with Crippen molar-refractivity contribution in [1.82, 2.24) is 4.98 Å². The van der Waals surface area contributed by atoms with Gasteiger partial charge in [-0.3, -0.25) is 0 Å². The molecule has 0 amide bonds. The van der Waals surface area contributed by atoms with E-state index in [2.05, 4.69) is 18.0 Å². The second-order valence-electron chi connectivity index (χ2n) is 4.35. The molecule has 0 saturated heterocycles. The highest BCUT2D eigenvalue weighted by molar-refractivity contribution is 5.44. The van der Waals surface area contributed by atoms with E-state index in [9.17, 15) is 0 Å². The number of nitrogens with zero attached hydrogens (tertiary/aromatic N) is 1. The zero-order valence-corrected chi connectivity index (χ0v) is 8.79. The molecule has 0 bridgehead atoms. The molecule has 1 aliphatic rings. The Hall–Kier alpha value is -1.05. The first kappa shape index (κ1) is 9.50. The van der Waals surface area contributed by atoms with Crippen LogP contribution >= 0.6 is 0 Å². The van der Waals surface area contributed by atoms with Gasteiger partial charge in [0.05, 0.1) is 0 Å². The van der Waals surface area contributed by atoms with Crippen LogP contribution in [0.15, 0.2) is 12.3 Å². The molecule has 2 heteroatoms. The maximum atomic E-state index is 5.89. The van der Waals surface area contributed by atoms with E-state index in [1.807, 2.05) is 0 Å². The Morgan fingerprint density at radius 1 is 1.43 bits per heavy atom. The zero-order chi connectivity index (χ0) is 9.97.